The molecule has 28 heavy (non-hydrogen) atoms. The van der Waals surface area contributed by atoms with Crippen molar-refractivity contribution >= 4 is 29.2 Å². The van der Waals surface area contributed by atoms with Crippen molar-refractivity contribution in [2.24, 2.45) is 5.41 Å². The number of amides is 1. The molecule has 0 aliphatic carbocycles. The van der Waals surface area contributed by atoms with Crippen molar-refractivity contribution in [3.8, 4) is 5.75 Å². The van der Waals surface area contributed by atoms with E-state index >= 15 is 0 Å². The van der Waals surface area contributed by atoms with Crippen molar-refractivity contribution in [1.29, 1.82) is 0 Å². The Kier molecular flexibility index (Phi) is 5.94. The molecule has 0 bridgehead atoms. The lowest BCUT2D eigenvalue weighted by atomic mass is 9.77. The number of carbonyl (C=O) groups excluding carboxylic acids is 2. The molecule has 5 nitrogen and oxygen atoms in total. The maximum absolute atomic E-state index is 13.2. The van der Waals surface area contributed by atoms with Gasteiger partial charge in [0.2, 0.25) is 5.91 Å². The minimum atomic E-state index is -0.889. The molecule has 6 heteroatoms. The number of anilines is 1. The molecule has 0 saturated carbocycles. The van der Waals surface area contributed by atoms with Crippen molar-refractivity contribution in [3.63, 3.8) is 0 Å². The smallest absolute Gasteiger partial charge is 0.312 e. The zero-order valence-corrected chi connectivity index (χ0v) is 17.1. The minimum Gasteiger partial charge on any atom is -0.497 e. The first-order chi connectivity index (χ1) is 13.4. The number of hydrogen-bond donors (Lipinski definition) is 0. The topological polar surface area (TPSA) is 55.8 Å². The summed E-state index contributed by atoms with van der Waals surface area (Å²) in [7, 11) is 2.98. The third-order valence-electron chi connectivity index (χ3n) is 5.45. The van der Waals surface area contributed by atoms with Gasteiger partial charge in [-0.1, -0.05) is 30.7 Å². The van der Waals surface area contributed by atoms with Crippen molar-refractivity contribution in [1.82, 2.24) is 0 Å². The summed E-state index contributed by atoms with van der Waals surface area (Å²) in [5.74, 6) is 0.290. The molecule has 1 amide bonds. The molecule has 0 fully saturated rings. The summed E-state index contributed by atoms with van der Waals surface area (Å²) in [6.45, 7) is 2.31. The van der Waals surface area contributed by atoms with E-state index in [-0.39, 0.29) is 18.3 Å². The number of nitrogens with zero attached hydrogens (tertiary/aromatic N) is 1. The van der Waals surface area contributed by atoms with Gasteiger partial charge in [-0.25, -0.2) is 0 Å². The Morgan fingerprint density at radius 1 is 1.14 bits per heavy atom. The highest BCUT2D eigenvalue weighted by Crippen LogP contribution is 2.41. The van der Waals surface area contributed by atoms with Gasteiger partial charge in [-0.05, 0) is 54.3 Å². The number of halogens is 1. The Morgan fingerprint density at radius 3 is 2.46 bits per heavy atom. The SMILES string of the molecule is CCC1(C(=O)OC)CC(=O)N(Cc2ccc(OC)cc2)c2ccc(Cl)cc2C1. The lowest BCUT2D eigenvalue weighted by Crippen LogP contribution is -2.38. The molecule has 0 radical (unpaired) electrons. The van der Waals surface area contributed by atoms with Crippen LogP contribution >= 0.6 is 11.6 Å². The van der Waals surface area contributed by atoms with Gasteiger partial charge in [0, 0.05) is 17.1 Å². The molecule has 0 spiro atoms. The highest BCUT2D eigenvalue weighted by molar-refractivity contribution is 6.30. The highest BCUT2D eigenvalue weighted by atomic mass is 35.5. The fraction of sp³-hybridized carbons (Fsp3) is 0.364. The van der Waals surface area contributed by atoms with E-state index in [2.05, 4.69) is 0 Å². The first-order valence-electron chi connectivity index (χ1n) is 9.22. The van der Waals surface area contributed by atoms with Gasteiger partial charge in [-0.15, -0.1) is 0 Å². The number of ether oxygens (including phenoxy) is 2. The van der Waals surface area contributed by atoms with Gasteiger partial charge >= 0.3 is 5.97 Å². The zero-order chi connectivity index (χ0) is 20.3. The predicted octanol–water partition coefficient (Wildman–Crippen LogP) is 4.40. The van der Waals surface area contributed by atoms with E-state index in [1.54, 1.807) is 18.1 Å². The van der Waals surface area contributed by atoms with E-state index in [9.17, 15) is 9.59 Å². The average Bonchev–Trinajstić information content (AvgIpc) is 2.82. The van der Waals surface area contributed by atoms with Crippen molar-refractivity contribution in [3.05, 3.63) is 58.6 Å². The molecule has 1 unspecified atom stereocenters. The number of benzene rings is 2. The van der Waals surface area contributed by atoms with Crippen LogP contribution in [0, 0.1) is 5.41 Å². The molecular formula is C22H24ClNO4. The average molecular weight is 402 g/mol. The van der Waals surface area contributed by atoms with Crippen LogP contribution in [-0.4, -0.2) is 26.1 Å². The van der Waals surface area contributed by atoms with Crippen LogP contribution in [0.25, 0.3) is 0 Å². The van der Waals surface area contributed by atoms with Gasteiger partial charge in [-0.2, -0.15) is 0 Å². The molecular weight excluding hydrogens is 378 g/mol. The Bertz CT molecular complexity index is 881. The number of carbonyl (C=O) groups is 2. The standard InChI is InChI=1S/C22H24ClNO4/c1-4-22(21(26)28-3)12-16-11-17(23)7-10-19(16)24(20(25)13-22)14-15-5-8-18(27-2)9-6-15/h5-11H,4,12-14H2,1-3H3. The first kappa shape index (κ1) is 20.2. The molecule has 0 aromatic heterocycles. The molecule has 2 aromatic rings. The molecule has 1 aliphatic heterocycles. The van der Waals surface area contributed by atoms with Gasteiger partial charge in [0.05, 0.1) is 26.2 Å². The molecule has 1 heterocycles. The Morgan fingerprint density at radius 2 is 1.86 bits per heavy atom. The third-order valence-corrected chi connectivity index (χ3v) is 5.68. The van der Waals surface area contributed by atoms with E-state index in [1.165, 1.54) is 7.11 Å². The van der Waals surface area contributed by atoms with Gasteiger partial charge < -0.3 is 14.4 Å². The lowest BCUT2D eigenvalue weighted by Gasteiger charge is -2.28. The summed E-state index contributed by atoms with van der Waals surface area (Å²) in [5.41, 5.74) is 1.74. The normalized spacial score (nSPS) is 19.0. The summed E-state index contributed by atoms with van der Waals surface area (Å²) in [6.07, 6.45) is 1.02. The van der Waals surface area contributed by atoms with Gasteiger partial charge in [-0.3, -0.25) is 9.59 Å². The number of fused-ring (bicyclic) bond motifs is 1. The van der Waals surface area contributed by atoms with Crippen LogP contribution in [0.3, 0.4) is 0 Å². The van der Waals surface area contributed by atoms with Crippen molar-refractivity contribution in [2.75, 3.05) is 19.1 Å². The van der Waals surface area contributed by atoms with Crippen LogP contribution in [0.2, 0.25) is 5.02 Å². The zero-order valence-electron chi connectivity index (χ0n) is 16.3. The summed E-state index contributed by atoms with van der Waals surface area (Å²) < 4.78 is 10.3. The van der Waals surface area contributed by atoms with Crippen LogP contribution in [0.4, 0.5) is 5.69 Å². The second-order valence-electron chi connectivity index (χ2n) is 7.08. The van der Waals surface area contributed by atoms with Crippen LogP contribution in [0.1, 0.15) is 30.9 Å². The largest absolute Gasteiger partial charge is 0.497 e. The molecule has 1 aliphatic rings. The minimum absolute atomic E-state index is 0.0959. The predicted molar refractivity (Wildman–Crippen MR) is 109 cm³/mol. The van der Waals surface area contributed by atoms with Crippen LogP contribution in [0.5, 0.6) is 5.75 Å². The highest BCUT2D eigenvalue weighted by Gasteiger charge is 2.44. The Hall–Kier alpha value is -2.53. The van der Waals surface area contributed by atoms with Gasteiger partial charge in [0.15, 0.2) is 0 Å². The fourth-order valence-electron chi connectivity index (χ4n) is 3.75. The molecule has 2 aromatic carbocycles. The molecule has 1 atom stereocenters. The van der Waals surface area contributed by atoms with Gasteiger partial charge in [0.1, 0.15) is 5.75 Å². The monoisotopic (exact) mass is 401 g/mol. The Balaban J connectivity index is 2.03. The van der Waals surface area contributed by atoms with E-state index in [4.69, 9.17) is 21.1 Å². The summed E-state index contributed by atoms with van der Waals surface area (Å²) >= 11 is 6.22. The van der Waals surface area contributed by atoms with E-state index in [0.29, 0.717) is 24.4 Å². The summed E-state index contributed by atoms with van der Waals surface area (Å²) in [5, 5.41) is 0.576. The lowest BCUT2D eigenvalue weighted by molar-refractivity contribution is -0.155. The first-order valence-corrected chi connectivity index (χ1v) is 9.60. The summed E-state index contributed by atoms with van der Waals surface area (Å²) in [4.78, 5) is 27.6. The number of esters is 1. The summed E-state index contributed by atoms with van der Waals surface area (Å²) in [6, 6.07) is 13.0. The third kappa shape index (κ3) is 3.85. The van der Waals surface area contributed by atoms with E-state index < -0.39 is 5.41 Å². The maximum atomic E-state index is 13.2. The molecule has 148 valence electrons. The fourth-order valence-corrected chi connectivity index (χ4v) is 3.94. The number of methoxy groups -OCH3 is 2. The number of hydrogen-bond acceptors (Lipinski definition) is 4. The van der Waals surface area contributed by atoms with E-state index in [0.717, 1.165) is 22.6 Å². The molecule has 0 saturated heterocycles. The van der Waals surface area contributed by atoms with Crippen molar-refractivity contribution in [2.45, 2.75) is 32.7 Å². The Labute approximate surface area is 170 Å². The molecule has 0 N–H and O–H groups in total. The van der Waals surface area contributed by atoms with Crippen LogP contribution < -0.4 is 9.64 Å². The second-order valence-corrected chi connectivity index (χ2v) is 7.52. The number of rotatable bonds is 5. The van der Waals surface area contributed by atoms with E-state index in [1.807, 2.05) is 43.3 Å². The van der Waals surface area contributed by atoms with Crippen LogP contribution in [0.15, 0.2) is 42.5 Å². The van der Waals surface area contributed by atoms with Gasteiger partial charge in [0.25, 0.3) is 0 Å². The van der Waals surface area contributed by atoms with Crippen molar-refractivity contribution < 1.29 is 19.1 Å². The quantitative estimate of drug-likeness (QED) is 0.697. The second kappa shape index (κ2) is 8.23. The molecule has 3 rings (SSSR count). The maximum Gasteiger partial charge on any atom is 0.312 e. The van der Waals surface area contributed by atoms with Crippen LogP contribution in [-0.2, 0) is 27.3 Å².